The second-order valence-electron chi connectivity index (χ2n) is 3.70. The summed E-state index contributed by atoms with van der Waals surface area (Å²) in [6, 6.07) is 7.91. The fourth-order valence-corrected chi connectivity index (χ4v) is 2.06. The van der Waals surface area contributed by atoms with Crippen LogP contribution in [0.1, 0.15) is 0 Å². The van der Waals surface area contributed by atoms with Crippen LogP contribution < -0.4 is 10.5 Å². The number of rotatable bonds is 4. The molecule has 1 atom stereocenters. The predicted octanol–water partition coefficient (Wildman–Crippen LogP) is -0.716. The molecule has 1 aromatic rings. The summed E-state index contributed by atoms with van der Waals surface area (Å²) >= 11 is 0. The molecule has 0 saturated heterocycles. The van der Waals surface area contributed by atoms with Gasteiger partial charge in [-0.2, -0.15) is 0 Å². The van der Waals surface area contributed by atoms with E-state index in [-0.39, 0.29) is 5.75 Å². The molecule has 0 aliphatic heterocycles. The van der Waals surface area contributed by atoms with Crippen LogP contribution in [0, 0.1) is 0 Å². The van der Waals surface area contributed by atoms with Crippen molar-refractivity contribution in [2.24, 2.45) is 5.73 Å². The maximum absolute atomic E-state index is 11.5. The monoisotopic (exact) mass is 259 g/mol. The number of nitrogens with two attached hydrogens (primary N) is 1. The molecular weight excluding hydrogens is 246 g/mol. The van der Waals surface area contributed by atoms with Gasteiger partial charge < -0.3 is 9.84 Å². The lowest BCUT2D eigenvalue weighted by Crippen LogP contribution is -2.55. The number of ether oxygens (including phenoxy) is 1. The highest BCUT2D eigenvalue weighted by molar-refractivity contribution is 7.90. The summed E-state index contributed by atoms with van der Waals surface area (Å²) in [6.07, 6.45) is 0.862. The lowest BCUT2D eigenvalue weighted by molar-refractivity contribution is -0.152. The fraction of sp³-hybridized carbons (Fsp3) is 0.300. The number of aliphatic hydroxyl groups is 1. The molecule has 7 heteroatoms. The van der Waals surface area contributed by atoms with E-state index in [2.05, 4.69) is 0 Å². The van der Waals surface area contributed by atoms with Crippen LogP contribution in [0.2, 0.25) is 0 Å². The Bertz CT molecular complexity index is 495. The molecule has 0 heterocycles. The van der Waals surface area contributed by atoms with Gasteiger partial charge in [0.15, 0.2) is 9.84 Å². The Labute approximate surface area is 98.9 Å². The number of benzene rings is 1. The first-order valence-electron chi connectivity index (χ1n) is 4.67. The highest BCUT2D eigenvalue weighted by Crippen LogP contribution is 2.12. The van der Waals surface area contributed by atoms with Gasteiger partial charge in [-0.25, -0.2) is 13.2 Å². The third kappa shape index (κ3) is 4.51. The van der Waals surface area contributed by atoms with Crippen molar-refractivity contribution < 1.29 is 23.1 Å². The van der Waals surface area contributed by atoms with Crippen molar-refractivity contribution in [1.82, 2.24) is 0 Å². The molecule has 17 heavy (non-hydrogen) atoms. The molecule has 0 aromatic heterocycles. The van der Waals surface area contributed by atoms with E-state index in [1.165, 1.54) is 12.1 Å². The van der Waals surface area contributed by atoms with Crippen molar-refractivity contribution in [3.05, 3.63) is 30.3 Å². The van der Waals surface area contributed by atoms with Gasteiger partial charge in [-0.15, -0.1) is 0 Å². The van der Waals surface area contributed by atoms with Crippen LogP contribution in [-0.2, 0) is 14.6 Å². The topological polar surface area (TPSA) is 107 Å². The molecule has 1 aromatic carbocycles. The highest BCUT2D eigenvalue weighted by Gasteiger charge is 2.37. The SMILES string of the molecule is CS(=O)(=O)CC(N)(O)C(=O)Oc1ccccc1. The summed E-state index contributed by atoms with van der Waals surface area (Å²) in [5.74, 6) is -1.94. The fourth-order valence-electron chi connectivity index (χ4n) is 1.14. The van der Waals surface area contributed by atoms with Gasteiger partial charge >= 0.3 is 5.97 Å². The standard InChI is InChI=1S/C10H13NO5S/c1-17(14,15)7-10(11,13)9(12)16-8-5-3-2-4-6-8/h2-6,13H,7,11H2,1H3. The van der Waals surface area contributed by atoms with E-state index in [1.54, 1.807) is 18.2 Å². The van der Waals surface area contributed by atoms with Crippen LogP contribution in [0.3, 0.4) is 0 Å². The molecule has 0 bridgehead atoms. The third-order valence-corrected chi connectivity index (χ3v) is 2.75. The summed E-state index contributed by atoms with van der Waals surface area (Å²) in [6.45, 7) is 0. The summed E-state index contributed by atoms with van der Waals surface area (Å²) in [5.41, 5.74) is 2.64. The minimum absolute atomic E-state index is 0.176. The van der Waals surface area contributed by atoms with Crippen molar-refractivity contribution in [2.45, 2.75) is 5.72 Å². The first-order valence-corrected chi connectivity index (χ1v) is 6.73. The number of para-hydroxylation sites is 1. The van der Waals surface area contributed by atoms with Gasteiger partial charge in [-0.3, -0.25) is 5.73 Å². The third-order valence-electron chi connectivity index (χ3n) is 1.79. The van der Waals surface area contributed by atoms with Gasteiger partial charge in [-0.1, -0.05) is 18.2 Å². The maximum Gasteiger partial charge on any atom is 0.359 e. The van der Waals surface area contributed by atoms with E-state index in [1.807, 2.05) is 0 Å². The van der Waals surface area contributed by atoms with E-state index in [9.17, 15) is 18.3 Å². The van der Waals surface area contributed by atoms with Crippen LogP contribution >= 0.6 is 0 Å². The van der Waals surface area contributed by atoms with Crippen LogP contribution in [0.5, 0.6) is 5.75 Å². The molecule has 0 aliphatic carbocycles. The van der Waals surface area contributed by atoms with Crippen molar-refractivity contribution in [2.75, 3.05) is 12.0 Å². The molecule has 0 radical (unpaired) electrons. The zero-order valence-corrected chi connectivity index (χ0v) is 9.98. The van der Waals surface area contributed by atoms with Crippen molar-refractivity contribution in [3.8, 4) is 5.75 Å². The number of hydrogen-bond acceptors (Lipinski definition) is 6. The van der Waals surface area contributed by atoms with Crippen LogP contribution in [0.15, 0.2) is 30.3 Å². The Balaban J connectivity index is 2.77. The average Bonchev–Trinajstić information content (AvgIpc) is 2.15. The molecule has 0 fully saturated rings. The van der Waals surface area contributed by atoms with E-state index < -0.39 is 27.3 Å². The van der Waals surface area contributed by atoms with Crippen LogP contribution in [0.25, 0.3) is 0 Å². The molecule has 0 saturated carbocycles. The van der Waals surface area contributed by atoms with Gasteiger partial charge in [0.25, 0.3) is 0 Å². The van der Waals surface area contributed by atoms with E-state index in [4.69, 9.17) is 10.5 Å². The van der Waals surface area contributed by atoms with E-state index in [0.717, 1.165) is 6.26 Å². The smallest absolute Gasteiger partial charge is 0.359 e. The number of carbonyl (C=O) groups excluding carboxylic acids is 1. The van der Waals surface area contributed by atoms with Gasteiger partial charge in [0.1, 0.15) is 11.5 Å². The normalized spacial score (nSPS) is 15.0. The molecule has 94 valence electrons. The molecule has 0 spiro atoms. The summed E-state index contributed by atoms with van der Waals surface area (Å²) < 4.78 is 26.7. The first-order chi connectivity index (χ1) is 7.71. The van der Waals surface area contributed by atoms with Crippen LogP contribution in [-0.4, -0.2) is 37.2 Å². The lowest BCUT2D eigenvalue weighted by atomic mass is 10.3. The van der Waals surface area contributed by atoms with Crippen molar-refractivity contribution in [3.63, 3.8) is 0 Å². The number of esters is 1. The van der Waals surface area contributed by atoms with Crippen LogP contribution in [0.4, 0.5) is 0 Å². The Morgan fingerprint density at radius 1 is 1.41 bits per heavy atom. The van der Waals surface area contributed by atoms with Gasteiger partial charge in [0.05, 0.1) is 0 Å². The number of sulfone groups is 1. The molecule has 3 N–H and O–H groups in total. The van der Waals surface area contributed by atoms with Gasteiger partial charge in [0.2, 0.25) is 5.72 Å². The quantitative estimate of drug-likeness (QED) is 0.420. The highest BCUT2D eigenvalue weighted by atomic mass is 32.2. The molecule has 0 aliphatic rings. The van der Waals surface area contributed by atoms with E-state index >= 15 is 0 Å². The minimum atomic E-state index is -3.59. The Morgan fingerprint density at radius 2 is 1.94 bits per heavy atom. The Kier molecular flexibility index (Phi) is 3.87. The number of carbonyl (C=O) groups is 1. The summed E-state index contributed by atoms with van der Waals surface area (Å²) in [4.78, 5) is 11.5. The Morgan fingerprint density at radius 3 is 2.41 bits per heavy atom. The second kappa shape index (κ2) is 4.82. The first kappa shape index (κ1) is 13.6. The van der Waals surface area contributed by atoms with E-state index in [0.29, 0.717) is 0 Å². The summed E-state index contributed by atoms with van der Waals surface area (Å²) in [5, 5.41) is 9.50. The molecular formula is C10H13NO5S. The molecule has 1 rings (SSSR count). The zero-order chi connectivity index (χ0) is 13.1. The molecule has 6 nitrogen and oxygen atoms in total. The number of hydrogen-bond donors (Lipinski definition) is 2. The largest absolute Gasteiger partial charge is 0.423 e. The predicted molar refractivity (Wildman–Crippen MR) is 60.9 cm³/mol. The zero-order valence-electron chi connectivity index (χ0n) is 9.16. The molecule has 0 amide bonds. The minimum Gasteiger partial charge on any atom is -0.423 e. The van der Waals surface area contributed by atoms with Crippen molar-refractivity contribution >= 4 is 15.8 Å². The summed E-state index contributed by atoms with van der Waals surface area (Å²) in [7, 11) is -3.59. The van der Waals surface area contributed by atoms with Crippen molar-refractivity contribution in [1.29, 1.82) is 0 Å². The second-order valence-corrected chi connectivity index (χ2v) is 5.84. The maximum atomic E-state index is 11.5. The lowest BCUT2D eigenvalue weighted by Gasteiger charge is -2.19. The van der Waals surface area contributed by atoms with Gasteiger partial charge in [0, 0.05) is 6.26 Å². The average molecular weight is 259 g/mol. The van der Waals surface area contributed by atoms with Gasteiger partial charge in [-0.05, 0) is 12.1 Å². The Hall–Kier alpha value is -1.44. The molecule has 1 unspecified atom stereocenters.